The fourth-order valence-corrected chi connectivity index (χ4v) is 4.40. The van der Waals surface area contributed by atoms with Crippen LogP contribution in [0.25, 0.3) is 0 Å². The molecule has 1 aromatic rings. The minimum Gasteiger partial charge on any atom is -0.378 e. The van der Waals surface area contributed by atoms with Crippen LogP contribution in [0.1, 0.15) is 13.8 Å². The Bertz CT molecular complexity index is 686. The number of nitrogens with one attached hydrogen (secondary N) is 2. The van der Waals surface area contributed by atoms with E-state index < -0.39 is 16.1 Å². The maximum atomic E-state index is 12.7. The van der Waals surface area contributed by atoms with Crippen LogP contribution >= 0.6 is 11.6 Å². The number of rotatable bonds is 6. The van der Waals surface area contributed by atoms with Crippen molar-refractivity contribution >= 4 is 33.2 Å². The second-order valence-corrected chi connectivity index (χ2v) is 7.62. The molecule has 1 unspecified atom stereocenters. The number of anilines is 1. The highest BCUT2D eigenvalue weighted by atomic mass is 35.5. The first-order valence-corrected chi connectivity index (χ1v) is 9.63. The van der Waals surface area contributed by atoms with Crippen LogP contribution in [0.3, 0.4) is 0 Å². The molecule has 0 aromatic heterocycles. The van der Waals surface area contributed by atoms with Gasteiger partial charge in [-0.2, -0.15) is 4.31 Å². The summed E-state index contributed by atoms with van der Waals surface area (Å²) in [6, 6.07) is 3.97. The van der Waals surface area contributed by atoms with Gasteiger partial charge in [0.2, 0.25) is 15.9 Å². The monoisotopic (exact) mass is 375 g/mol. The van der Waals surface area contributed by atoms with E-state index in [2.05, 4.69) is 10.6 Å². The van der Waals surface area contributed by atoms with Crippen molar-refractivity contribution in [3.8, 4) is 0 Å². The van der Waals surface area contributed by atoms with Crippen molar-refractivity contribution in [2.24, 2.45) is 0 Å². The van der Waals surface area contributed by atoms with Crippen molar-refractivity contribution in [1.82, 2.24) is 9.62 Å². The van der Waals surface area contributed by atoms with Gasteiger partial charge in [-0.05, 0) is 18.2 Å². The molecule has 0 radical (unpaired) electrons. The highest BCUT2D eigenvalue weighted by molar-refractivity contribution is 7.89. The Morgan fingerprint density at radius 2 is 2.12 bits per heavy atom. The van der Waals surface area contributed by atoms with Crippen molar-refractivity contribution in [1.29, 1.82) is 0 Å². The molecule has 0 saturated carbocycles. The van der Waals surface area contributed by atoms with E-state index in [1.807, 2.05) is 0 Å². The van der Waals surface area contributed by atoms with Gasteiger partial charge in [0.05, 0.1) is 18.2 Å². The number of amides is 1. The van der Waals surface area contributed by atoms with Gasteiger partial charge in [-0.25, -0.2) is 8.42 Å². The van der Waals surface area contributed by atoms with Crippen molar-refractivity contribution in [3.05, 3.63) is 23.2 Å². The third-order valence-corrected chi connectivity index (χ3v) is 6.29. The minimum absolute atomic E-state index is 0.0153. The van der Waals surface area contributed by atoms with Gasteiger partial charge in [-0.15, -0.1) is 0 Å². The average molecular weight is 376 g/mol. The number of carbonyl (C=O) groups excluding carboxylic acids is 1. The maximum Gasteiger partial charge on any atom is 0.244 e. The molecular formula is C15H22ClN3O4S. The Hall–Kier alpha value is -1.19. The van der Waals surface area contributed by atoms with E-state index in [1.165, 1.54) is 16.4 Å². The number of ether oxygens (including phenoxy) is 1. The van der Waals surface area contributed by atoms with Gasteiger partial charge in [0.15, 0.2) is 0 Å². The molecule has 1 aliphatic rings. The SMILES string of the molecule is CCN(CC)S(=O)(=O)c1cc(NC(=O)C2COCCN2)ccc1Cl. The summed E-state index contributed by atoms with van der Waals surface area (Å²) in [5.74, 6) is -0.275. The average Bonchev–Trinajstić information content (AvgIpc) is 2.58. The van der Waals surface area contributed by atoms with Gasteiger partial charge in [0.1, 0.15) is 10.9 Å². The number of benzene rings is 1. The van der Waals surface area contributed by atoms with E-state index in [9.17, 15) is 13.2 Å². The predicted octanol–water partition coefficient (Wildman–Crippen LogP) is 1.30. The number of halogens is 1. The lowest BCUT2D eigenvalue weighted by molar-refractivity contribution is -0.120. The Morgan fingerprint density at radius 3 is 2.71 bits per heavy atom. The third kappa shape index (κ3) is 4.25. The summed E-state index contributed by atoms with van der Waals surface area (Å²) < 4.78 is 31.9. The zero-order valence-corrected chi connectivity index (χ0v) is 15.3. The fraction of sp³-hybridized carbons (Fsp3) is 0.533. The maximum absolute atomic E-state index is 12.7. The van der Waals surface area contributed by atoms with Crippen molar-refractivity contribution < 1.29 is 17.9 Å². The summed E-state index contributed by atoms with van der Waals surface area (Å²) in [6.07, 6.45) is 0. The number of hydrogen-bond acceptors (Lipinski definition) is 5. The molecule has 1 aliphatic heterocycles. The van der Waals surface area contributed by atoms with Crippen LogP contribution in [0.15, 0.2) is 23.1 Å². The molecular weight excluding hydrogens is 354 g/mol. The predicted molar refractivity (Wildman–Crippen MR) is 92.8 cm³/mol. The molecule has 0 bridgehead atoms. The van der Waals surface area contributed by atoms with Crippen LogP contribution in [0, 0.1) is 0 Å². The third-order valence-electron chi connectivity index (χ3n) is 3.76. The van der Waals surface area contributed by atoms with Crippen LogP contribution in [0.2, 0.25) is 5.02 Å². The fourth-order valence-electron chi connectivity index (χ4n) is 2.44. The molecule has 1 saturated heterocycles. The minimum atomic E-state index is -3.71. The quantitative estimate of drug-likeness (QED) is 0.782. The van der Waals surface area contributed by atoms with Crippen LogP contribution in [-0.2, 0) is 19.6 Å². The highest BCUT2D eigenvalue weighted by Gasteiger charge is 2.26. The Labute approximate surface area is 147 Å². The molecule has 0 aliphatic carbocycles. The van der Waals surface area contributed by atoms with Gasteiger partial charge in [-0.3, -0.25) is 4.79 Å². The van der Waals surface area contributed by atoms with Crippen molar-refractivity contribution in [2.45, 2.75) is 24.8 Å². The summed E-state index contributed by atoms with van der Waals surface area (Å²) >= 11 is 6.07. The smallest absolute Gasteiger partial charge is 0.244 e. The summed E-state index contributed by atoms with van der Waals surface area (Å²) in [5.41, 5.74) is 0.377. The number of nitrogens with zero attached hydrogens (tertiary/aromatic N) is 1. The summed E-state index contributed by atoms with van der Waals surface area (Å²) in [4.78, 5) is 12.2. The van der Waals surface area contributed by atoms with Gasteiger partial charge in [0.25, 0.3) is 0 Å². The molecule has 7 nitrogen and oxygen atoms in total. The molecule has 1 fully saturated rings. The first kappa shape index (κ1) is 19.1. The summed E-state index contributed by atoms with van der Waals surface area (Å²) in [6.45, 7) is 5.65. The van der Waals surface area contributed by atoms with Crippen molar-refractivity contribution in [3.63, 3.8) is 0 Å². The zero-order valence-electron chi connectivity index (χ0n) is 13.7. The molecule has 24 heavy (non-hydrogen) atoms. The van der Waals surface area contributed by atoms with E-state index >= 15 is 0 Å². The molecule has 1 heterocycles. The molecule has 9 heteroatoms. The van der Waals surface area contributed by atoms with Crippen LogP contribution in [-0.4, -0.2) is 57.5 Å². The van der Waals surface area contributed by atoms with Gasteiger partial charge >= 0.3 is 0 Å². The molecule has 1 atom stereocenters. The molecule has 2 N–H and O–H groups in total. The van der Waals surface area contributed by atoms with Crippen LogP contribution in [0.5, 0.6) is 0 Å². The topological polar surface area (TPSA) is 87.7 Å². The lowest BCUT2D eigenvalue weighted by Crippen LogP contribution is -2.48. The van der Waals surface area contributed by atoms with E-state index in [-0.39, 0.29) is 22.4 Å². The van der Waals surface area contributed by atoms with Crippen LogP contribution < -0.4 is 10.6 Å². The summed E-state index contributed by atoms with van der Waals surface area (Å²) in [7, 11) is -3.71. The first-order chi connectivity index (χ1) is 11.4. The Balaban J connectivity index is 2.23. The second kappa shape index (κ2) is 8.26. The van der Waals surface area contributed by atoms with E-state index in [1.54, 1.807) is 19.9 Å². The lowest BCUT2D eigenvalue weighted by Gasteiger charge is -2.23. The molecule has 1 amide bonds. The zero-order chi connectivity index (χ0) is 17.7. The number of carbonyl (C=O) groups is 1. The standard InChI is InChI=1S/C15H22ClN3O4S/c1-3-19(4-2)24(21,22)14-9-11(5-6-12(14)16)18-15(20)13-10-23-8-7-17-13/h5-6,9,13,17H,3-4,7-8,10H2,1-2H3,(H,18,20). The largest absolute Gasteiger partial charge is 0.378 e. The summed E-state index contributed by atoms with van der Waals surface area (Å²) in [5, 5.41) is 5.87. The van der Waals surface area contributed by atoms with Gasteiger partial charge in [-0.1, -0.05) is 25.4 Å². The lowest BCUT2D eigenvalue weighted by atomic mass is 10.2. The molecule has 0 spiro atoms. The van der Waals surface area contributed by atoms with Crippen LogP contribution in [0.4, 0.5) is 5.69 Å². The normalized spacial score (nSPS) is 18.6. The molecule has 2 rings (SSSR count). The van der Waals surface area contributed by atoms with Crippen molar-refractivity contribution in [2.75, 3.05) is 38.2 Å². The van der Waals surface area contributed by atoms with Gasteiger partial charge in [0, 0.05) is 25.3 Å². The number of hydrogen-bond donors (Lipinski definition) is 2. The van der Waals surface area contributed by atoms with E-state index in [4.69, 9.17) is 16.3 Å². The molecule has 1 aromatic carbocycles. The Kier molecular flexibility index (Phi) is 6.59. The number of morpholine rings is 1. The first-order valence-electron chi connectivity index (χ1n) is 7.81. The Morgan fingerprint density at radius 1 is 1.42 bits per heavy atom. The second-order valence-electron chi connectivity index (χ2n) is 5.31. The van der Waals surface area contributed by atoms with E-state index in [0.717, 1.165) is 0 Å². The number of sulfonamides is 1. The van der Waals surface area contributed by atoms with Gasteiger partial charge < -0.3 is 15.4 Å². The highest BCUT2D eigenvalue weighted by Crippen LogP contribution is 2.27. The molecule has 134 valence electrons. The van der Waals surface area contributed by atoms with E-state index in [0.29, 0.717) is 31.9 Å².